The third kappa shape index (κ3) is 2.31. The third-order valence-corrected chi connectivity index (χ3v) is 4.00. The molecule has 0 fully saturated rings. The van der Waals surface area contributed by atoms with Crippen LogP contribution in [0.2, 0.25) is 5.15 Å². The molecule has 0 aliphatic heterocycles. The predicted molar refractivity (Wildman–Crippen MR) is 78.0 cm³/mol. The van der Waals surface area contributed by atoms with E-state index in [1.807, 2.05) is 29.5 Å². The van der Waals surface area contributed by atoms with E-state index in [0.29, 0.717) is 21.1 Å². The molecule has 2 heterocycles. The van der Waals surface area contributed by atoms with Crippen LogP contribution in [0.4, 0.5) is 0 Å². The lowest BCUT2D eigenvalue weighted by Crippen LogP contribution is -2.26. The second-order valence-electron chi connectivity index (χ2n) is 4.02. The lowest BCUT2D eigenvalue weighted by molar-refractivity contribution is 0.692. The monoisotopic (exact) mass is 378 g/mol. The van der Waals surface area contributed by atoms with Gasteiger partial charge in [-0.2, -0.15) is 5.10 Å². The summed E-state index contributed by atoms with van der Waals surface area (Å²) >= 11 is 8.15. The molecule has 5 nitrogen and oxygen atoms in total. The van der Waals surface area contributed by atoms with E-state index in [1.54, 1.807) is 29.4 Å². The van der Waals surface area contributed by atoms with Crippen molar-refractivity contribution in [2.75, 3.05) is 0 Å². The molecule has 96 valence electrons. The maximum Gasteiger partial charge on any atom is 0.267 e. The fourth-order valence-corrected chi connectivity index (χ4v) is 2.41. The van der Waals surface area contributed by atoms with Crippen molar-refractivity contribution in [3.05, 3.63) is 42.4 Å². The molecule has 0 aromatic carbocycles. The van der Waals surface area contributed by atoms with Gasteiger partial charge in [0.25, 0.3) is 5.56 Å². The summed E-state index contributed by atoms with van der Waals surface area (Å²) in [6, 6.07) is 0. The number of hydrogen-bond donors (Lipinski definition) is 0. The molecule has 0 saturated heterocycles. The van der Waals surface area contributed by atoms with Crippen LogP contribution in [0, 0.1) is 17.4 Å². The number of aryl methyl sites for hydroxylation is 3. The summed E-state index contributed by atoms with van der Waals surface area (Å²) in [6.45, 7) is 4.08. The summed E-state index contributed by atoms with van der Waals surface area (Å²) < 4.78 is 3.81. The molecular formula is C11H12ClIN4O. The fourth-order valence-electron chi connectivity index (χ4n) is 1.75. The van der Waals surface area contributed by atoms with Crippen LogP contribution in [0.15, 0.2) is 11.0 Å². The van der Waals surface area contributed by atoms with Crippen LogP contribution in [0.3, 0.4) is 0 Å². The van der Waals surface area contributed by atoms with Gasteiger partial charge in [0.1, 0.15) is 11.0 Å². The van der Waals surface area contributed by atoms with Crippen LogP contribution in [-0.4, -0.2) is 19.3 Å². The Morgan fingerprint density at radius 2 is 2.11 bits per heavy atom. The summed E-state index contributed by atoms with van der Waals surface area (Å²) in [4.78, 5) is 16.3. The number of rotatable bonds is 2. The second kappa shape index (κ2) is 5.00. The molecule has 2 aromatic rings. The van der Waals surface area contributed by atoms with E-state index < -0.39 is 0 Å². The molecule has 0 radical (unpaired) electrons. The van der Waals surface area contributed by atoms with Gasteiger partial charge in [-0.3, -0.25) is 14.0 Å². The molecule has 0 saturated carbocycles. The van der Waals surface area contributed by atoms with Crippen molar-refractivity contribution >= 4 is 34.2 Å². The van der Waals surface area contributed by atoms with Gasteiger partial charge in [0, 0.05) is 18.8 Å². The summed E-state index contributed by atoms with van der Waals surface area (Å²) in [5.74, 6) is 0.666. The zero-order valence-electron chi connectivity index (χ0n) is 10.2. The highest BCUT2D eigenvalue weighted by Gasteiger charge is 2.14. The quantitative estimate of drug-likeness (QED) is 0.750. The Kier molecular flexibility index (Phi) is 3.76. The Labute approximate surface area is 123 Å². The van der Waals surface area contributed by atoms with Gasteiger partial charge in [0.2, 0.25) is 0 Å². The minimum absolute atomic E-state index is 0.0533. The van der Waals surface area contributed by atoms with Crippen LogP contribution in [-0.2, 0) is 13.6 Å². The van der Waals surface area contributed by atoms with Gasteiger partial charge in [-0.15, -0.1) is 0 Å². The smallest absolute Gasteiger partial charge is 0.267 e. The molecule has 0 amide bonds. The second-order valence-corrected chi connectivity index (χ2v) is 5.54. The maximum atomic E-state index is 12.1. The molecule has 2 aromatic heterocycles. The van der Waals surface area contributed by atoms with Gasteiger partial charge in [-0.25, -0.2) is 4.98 Å². The normalized spacial score (nSPS) is 10.9. The molecule has 0 spiro atoms. The maximum absolute atomic E-state index is 12.1. The number of aromatic nitrogens is 4. The Hall–Kier alpha value is -0.890. The summed E-state index contributed by atoms with van der Waals surface area (Å²) in [7, 11) is 1.78. The Bertz CT molecular complexity index is 662. The summed E-state index contributed by atoms with van der Waals surface area (Å²) in [6.07, 6.45) is 1.58. The number of nitrogens with zero attached hydrogens (tertiary/aromatic N) is 4. The minimum Gasteiger partial charge on any atom is -0.291 e. The van der Waals surface area contributed by atoms with E-state index in [9.17, 15) is 4.79 Å². The molecule has 0 N–H and O–H groups in total. The topological polar surface area (TPSA) is 52.7 Å². The van der Waals surface area contributed by atoms with Crippen molar-refractivity contribution in [1.29, 1.82) is 0 Å². The Morgan fingerprint density at radius 1 is 1.44 bits per heavy atom. The molecule has 0 bridgehead atoms. The van der Waals surface area contributed by atoms with E-state index in [2.05, 4.69) is 10.1 Å². The van der Waals surface area contributed by atoms with Gasteiger partial charge in [0.05, 0.1) is 15.8 Å². The first-order valence-electron chi connectivity index (χ1n) is 5.31. The van der Waals surface area contributed by atoms with E-state index >= 15 is 0 Å². The lowest BCUT2D eigenvalue weighted by Gasteiger charge is -2.09. The van der Waals surface area contributed by atoms with Crippen molar-refractivity contribution in [3.63, 3.8) is 0 Å². The van der Waals surface area contributed by atoms with Crippen molar-refractivity contribution in [3.8, 4) is 0 Å². The molecule has 0 atom stereocenters. The van der Waals surface area contributed by atoms with Crippen LogP contribution in [0.1, 0.15) is 17.1 Å². The summed E-state index contributed by atoms with van der Waals surface area (Å²) in [5.41, 5.74) is 1.63. The van der Waals surface area contributed by atoms with Crippen LogP contribution in [0.5, 0.6) is 0 Å². The average molecular weight is 379 g/mol. The Balaban J connectivity index is 2.53. The average Bonchev–Trinajstić information content (AvgIpc) is 2.55. The van der Waals surface area contributed by atoms with E-state index in [-0.39, 0.29) is 5.56 Å². The molecule has 0 aliphatic rings. The van der Waals surface area contributed by atoms with E-state index in [0.717, 1.165) is 11.3 Å². The van der Waals surface area contributed by atoms with Crippen molar-refractivity contribution in [2.24, 2.45) is 7.05 Å². The van der Waals surface area contributed by atoms with Crippen molar-refractivity contribution in [2.45, 2.75) is 20.4 Å². The minimum atomic E-state index is -0.0533. The standard InChI is InChI=1S/C11H12ClIN4O/c1-6-8(10(12)16(3)15-6)5-17-7(2)14-4-9(13)11(17)18/h4H,5H2,1-3H3. The largest absolute Gasteiger partial charge is 0.291 e. The van der Waals surface area contributed by atoms with E-state index in [1.165, 1.54) is 0 Å². The van der Waals surface area contributed by atoms with Gasteiger partial charge < -0.3 is 0 Å². The van der Waals surface area contributed by atoms with E-state index in [4.69, 9.17) is 11.6 Å². The van der Waals surface area contributed by atoms with Crippen molar-refractivity contribution < 1.29 is 0 Å². The number of hydrogen-bond acceptors (Lipinski definition) is 3. The van der Waals surface area contributed by atoms with Crippen molar-refractivity contribution in [1.82, 2.24) is 19.3 Å². The first kappa shape index (κ1) is 13.5. The molecule has 0 aliphatic carbocycles. The van der Waals surface area contributed by atoms with Gasteiger partial charge >= 0.3 is 0 Å². The van der Waals surface area contributed by atoms with Gasteiger partial charge in [-0.1, -0.05) is 11.6 Å². The van der Waals surface area contributed by atoms with Crippen LogP contribution in [0.25, 0.3) is 0 Å². The molecule has 2 rings (SSSR count). The zero-order chi connectivity index (χ0) is 13.4. The zero-order valence-corrected chi connectivity index (χ0v) is 13.2. The SMILES string of the molecule is Cc1nn(C)c(Cl)c1Cn1c(C)ncc(I)c1=O. The fraction of sp³-hybridized carbons (Fsp3) is 0.364. The highest BCUT2D eigenvalue weighted by atomic mass is 127. The third-order valence-electron chi connectivity index (χ3n) is 2.79. The molecule has 7 heteroatoms. The van der Waals surface area contributed by atoms with Crippen LogP contribution >= 0.6 is 34.2 Å². The van der Waals surface area contributed by atoms with Gasteiger partial charge in [-0.05, 0) is 36.4 Å². The first-order chi connectivity index (χ1) is 8.41. The Morgan fingerprint density at radius 3 is 2.67 bits per heavy atom. The molecule has 0 unspecified atom stereocenters. The highest BCUT2D eigenvalue weighted by molar-refractivity contribution is 14.1. The van der Waals surface area contributed by atoms with Crippen LogP contribution < -0.4 is 5.56 Å². The summed E-state index contributed by atoms with van der Waals surface area (Å²) in [5, 5.41) is 4.79. The molecular weight excluding hydrogens is 367 g/mol. The molecule has 18 heavy (non-hydrogen) atoms. The van der Waals surface area contributed by atoms with Gasteiger partial charge in [0.15, 0.2) is 0 Å². The predicted octanol–water partition coefficient (Wildman–Crippen LogP) is 1.90. The lowest BCUT2D eigenvalue weighted by atomic mass is 10.2. The first-order valence-corrected chi connectivity index (χ1v) is 6.77. The number of halogens is 2. The highest BCUT2D eigenvalue weighted by Crippen LogP contribution is 2.19.